The SMILES string of the molecule is CC[C@H](Nc1cc(C(F)(F)F)c(-c2sc(C(=O)NCC(C)(C)O)nc2C(=O)N2[C@H]3CC[C@@H]2CC3)cn1)C(F)(F)F. The molecule has 1 atom stereocenters. The van der Waals surface area contributed by atoms with Crippen molar-refractivity contribution in [3.05, 3.63) is 28.5 Å². The van der Waals surface area contributed by atoms with E-state index in [9.17, 15) is 41.0 Å². The summed E-state index contributed by atoms with van der Waals surface area (Å²) in [5, 5.41) is 14.1. The molecule has 3 N–H and O–H groups in total. The highest BCUT2D eigenvalue weighted by molar-refractivity contribution is 7.17. The van der Waals surface area contributed by atoms with Gasteiger partial charge in [0.25, 0.3) is 11.8 Å². The second kappa shape index (κ2) is 10.8. The summed E-state index contributed by atoms with van der Waals surface area (Å²) in [5.41, 5.74) is -3.54. The van der Waals surface area contributed by atoms with E-state index in [0.717, 1.165) is 31.9 Å². The van der Waals surface area contributed by atoms with E-state index in [1.807, 2.05) is 5.32 Å². The van der Waals surface area contributed by atoms with Crippen LogP contribution in [0, 0.1) is 0 Å². The lowest BCUT2D eigenvalue weighted by atomic mass is 10.0. The maximum atomic E-state index is 14.3. The Labute approximate surface area is 230 Å². The number of hydrogen-bond acceptors (Lipinski definition) is 7. The number of aliphatic hydroxyl groups is 1. The van der Waals surface area contributed by atoms with Gasteiger partial charge in [-0.05, 0) is 52.0 Å². The van der Waals surface area contributed by atoms with E-state index in [1.54, 1.807) is 4.90 Å². The van der Waals surface area contributed by atoms with Crippen molar-refractivity contribution in [1.82, 2.24) is 20.2 Å². The quantitative estimate of drug-likeness (QED) is 0.362. The number of amides is 2. The summed E-state index contributed by atoms with van der Waals surface area (Å²) in [6.45, 7) is 3.93. The molecule has 4 heterocycles. The number of aromatic nitrogens is 2. The number of thiazole rings is 1. The zero-order valence-corrected chi connectivity index (χ0v) is 22.7. The van der Waals surface area contributed by atoms with Crippen LogP contribution in [0.4, 0.5) is 32.2 Å². The number of hydrogen-bond donors (Lipinski definition) is 3. The Morgan fingerprint density at radius 2 is 1.73 bits per heavy atom. The lowest BCUT2D eigenvalue weighted by Crippen LogP contribution is -2.38. The van der Waals surface area contributed by atoms with Crippen LogP contribution in [0.3, 0.4) is 0 Å². The van der Waals surface area contributed by atoms with Crippen molar-refractivity contribution in [3.63, 3.8) is 0 Å². The largest absolute Gasteiger partial charge is 0.417 e. The third-order valence-electron chi connectivity index (χ3n) is 6.97. The molecule has 4 rings (SSSR count). The molecule has 2 aliphatic rings. The molecule has 0 spiro atoms. The Morgan fingerprint density at radius 3 is 2.23 bits per heavy atom. The highest BCUT2D eigenvalue weighted by Crippen LogP contribution is 2.44. The maximum absolute atomic E-state index is 14.3. The van der Waals surface area contributed by atoms with Crippen LogP contribution in [0.5, 0.6) is 0 Å². The van der Waals surface area contributed by atoms with Crippen molar-refractivity contribution in [2.75, 3.05) is 11.9 Å². The summed E-state index contributed by atoms with van der Waals surface area (Å²) in [5.74, 6) is -2.05. The van der Waals surface area contributed by atoms with Gasteiger partial charge in [-0.1, -0.05) is 6.92 Å². The van der Waals surface area contributed by atoms with E-state index in [0.29, 0.717) is 17.4 Å². The Bertz CT molecular complexity index is 1250. The van der Waals surface area contributed by atoms with Crippen LogP contribution in [0.1, 0.15) is 78.7 Å². The van der Waals surface area contributed by atoms with Gasteiger partial charge in [-0.15, -0.1) is 11.3 Å². The fourth-order valence-corrected chi connectivity index (χ4v) is 6.02. The molecule has 0 radical (unpaired) electrons. The molecule has 2 aromatic heterocycles. The minimum atomic E-state index is -5.03. The second-order valence-electron chi connectivity index (χ2n) is 10.6. The number of rotatable bonds is 8. The predicted molar refractivity (Wildman–Crippen MR) is 135 cm³/mol. The van der Waals surface area contributed by atoms with Crippen molar-refractivity contribution in [3.8, 4) is 10.4 Å². The molecule has 0 saturated carbocycles. The molecular formula is C25H29F6N5O3S. The number of nitrogens with zero attached hydrogens (tertiary/aromatic N) is 3. The van der Waals surface area contributed by atoms with E-state index in [-0.39, 0.29) is 34.2 Å². The van der Waals surface area contributed by atoms with Crippen molar-refractivity contribution >= 4 is 29.0 Å². The molecular weight excluding hydrogens is 564 g/mol. The number of halogens is 6. The van der Waals surface area contributed by atoms with Crippen LogP contribution in [-0.4, -0.2) is 68.2 Å². The molecule has 2 amide bonds. The van der Waals surface area contributed by atoms with Gasteiger partial charge >= 0.3 is 12.4 Å². The summed E-state index contributed by atoms with van der Waals surface area (Å²) in [6.07, 6.45) is -6.44. The lowest BCUT2D eigenvalue weighted by molar-refractivity contribution is -0.142. The first-order valence-corrected chi connectivity index (χ1v) is 13.6. The molecule has 220 valence electrons. The standard InChI is InChI=1S/C25H29F6N5O3S/c1-4-16(25(29,30)31)34-17-9-15(24(26,27)28)14(10-32-17)19-18(22(38)36-12-5-6-13(36)8-7-12)35-21(40-19)20(37)33-11-23(2,3)39/h9-10,12-13,16,39H,4-8,11H2,1-3H3,(H,32,34)(H,33,37)/t12-,13+,16-/m0/s1. The van der Waals surface area contributed by atoms with E-state index >= 15 is 0 Å². The molecule has 2 saturated heterocycles. The molecule has 2 aliphatic heterocycles. The van der Waals surface area contributed by atoms with Gasteiger partial charge in [0.1, 0.15) is 17.6 Å². The summed E-state index contributed by atoms with van der Waals surface area (Å²) in [6, 6.07) is -1.82. The number of anilines is 1. The van der Waals surface area contributed by atoms with Crippen LogP contribution >= 0.6 is 11.3 Å². The second-order valence-corrected chi connectivity index (χ2v) is 11.6. The minimum absolute atomic E-state index is 0.0837. The monoisotopic (exact) mass is 593 g/mol. The zero-order chi connectivity index (χ0) is 29.6. The van der Waals surface area contributed by atoms with Crippen LogP contribution in [0.2, 0.25) is 0 Å². The molecule has 40 heavy (non-hydrogen) atoms. The number of carbonyl (C=O) groups is 2. The van der Waals surface area contributed by atoms with E-state index in [1.165, 1.54) is 20.8 Å². The van der Waals surface area contributed by atoms with Gasteiger partial charge in [-0.25, -0.2) is 9.97 Å². The summed E-state index contributed by atoms with van der Waals surface area (Å²) in [7, 11) is 0. The van der Waals surface area contributed by atoms with Gasteiger partial charge in [0.15, 0.2) is 5.01 Å². The molecule has 2 aromatic rings. The van der Waals surface area contributed by atoms with E-state index < -0.39 is 59.2 Å². The van der Waals surface area contributed by atoms with Crippen LogP contribution in [0.15, 0.2) is 12.3 Å². The molecule has 0 aromatic carbocycles. The fraction of sp³-hybridized carbons (Fsp3) is 0.600. The normalized spacial score (nSPS) is 20.1. The van der Waals surface area contributed by atoms with E-state index in [4.69, 9.17) is 0 Å². The number of pyridine rings is 1. The number of fused-ring (bicyclic) bond motifs is 2. The highest BCUT2D eigenvalue weighted by atomic mass is 32.1. The van der Waals surface area contributed by atoms with E-state index in [2.05, 4.69) is 15.3 Å². The van der Waals surface area contributed by atoms with Crippen molar-refractivity contribution in [2.45, 2.75) is 89.0 Å². The van der Waals surface area contributed by atoms with Crippen molar-refractivity contribution in [2.24, 2.45) is 0 Å². The third kappa shape index (κ3) is 6.35. The first-order valence-electron chi connectivity index (χ1n) is 12.7. The van der Waals surface area contributed by atoms with Gasteiger partial charge in [-0.3, -0.25) is 9.59 Å². The number of carbonyl (C=O) groups excluding carboxylic acids is 2. The Balaban J connectivity index is 1.79. The molecule has 0 unspecified atom stereocenters. The van der Waals surface area contributed by atoms with Gasteiger partial charge in [0, 0.05) is 30.4 Å². The number of alkyl halides is 6. The Hall–Kier alpha value is -2.94. The maximum Gasteiger partial charge on any atom is 0.417 e. The first-order chi connectivity index (χ1) is 18.5. The topological polar surface area (TPSA) is 107 Å². The summed E-state index contributed by atoms with van der Waals surface area (Å²) < 4.78 is 82.5. The van der Waals surface area contributed by atoms with Crippen LogP contribution in [-0.2, 0) is 6.18 Å². The summed E-state index contributed by atoms with van der Waals surface area (Å²) >= 11 is 0.547. The highest BCUT2D eigenvalue weighted by Gasteiger charge is 2.45. The Kier molecular flexibility index (Phi) is 8.11. The smallest absolute Gasteiger partial charge is 0.389 e. The molecule has 15 heteroatoms. The van der Waals surface area contributed by atoms with Gasteiger partial charge in [-0.2, -0.15) is 26.3 Å². The van der Waals surface area contributed by atoms with Gasteiger partial charge in [0.05, 0.1) is 16.0 Å². The van der Waals surface area contributed by atoms with Crippen LogP contribution in [0.25, 0.3) is 10.4 Å². The van der Waals surface area contributed by atoms with Crippen molar-refractivity contribution < 1.29 is 41.0 Å². The molecule has 2 bridgehead atoms. The van der Waals surface area contributed by atoms with Crippen molar-refractivity contribution in [1.29, 1.82) is 0 Å². The van der Waals surface area contributed by atoms with Gasteiger partial charge < -0.3 is 20.6 Å². The average Bonchev–Trinajstić information content (AvgIpc) is 3.58. The fourth-order valence-electron chi connectivity index (χ4n) is 5.03. The molecule has 8 nitrogen and oxygen atoms in total. The Morgan fingerprint density at radius 1 is 1.12 bits per heavy atom. The predicted octanol–water partition coefficient (Wildman–Crippen LogP) is 5.24. The zero-order valence-electron chi connectivity index (χ0n) is 21.9. The first kappa shape index (κ1) is 30.0. The summed E-state index contributed by atoms with van der Waals surface area (Å²) in [4.78, 5) is 35.7. The number of nitrogens with one attached hydrogen (secondary N) is 2. The van der Waals surface area contributed by atoms with Crippen LogP contribution < -0.4 is 10.6 Å². The van der Waals surface area contributed by atoms with Gasteiger partial charge in [0.2, 0.25) is 0 Å². The molecule has 2 fully saturated rings. The molecule has 0 aliphatic carbocycles. The lowest BCUT2D eigenvalue weighted by Gasteiger charge is -2.23. The average molecular weight is 594 g/mol. The third-order valence-corrected chi connectivity index (χ3v) is 8.06. The minimum Gasteiger partial charge on any atom is -0.389 e.